The highest BCUT2D eigenvalue weighted by atomic mass is 32.1. The van der Waals surface area contributed by atoms with Crippen LogP contribution in [0.5, 0.6) is 11.5 Å². The Morgan fingerprint density at radius 3 is 2.35 bits per heavy atom. The van der Waals surface area contributed by atoms with Crippen molar-refractivity contribution in [3.05, 3.63) is 107 Å². The predicted octanol–water partition coefficient (Wildman–Crippen LogP) is 6.94. The fourth-order valence-corrected chi connectivity index (χ4v) is 4.21. The zero-order valence-corrected chi connectivity index (χ0v) is 22.3. The topological polar surface area (TPSA) is 54.0 Å². The molecular weight excluding hydrogens is 484 g/mol. The van der Waals surface area contributed by atoms with Gasteiger partial charge in [0, 0.05) is 29.6 Å². The lowest BCUT2D eigenvalue weighted by Gasteiger charge is -2.17. The Balaban J connectivity index is 1.41. The first-order chi connectivity index (χ1) is 17.8. The average molecular weight is 517 g/mol. The standard InChI is InChI=1S/C31H32O5S/c1-22-9-13-24(14-10-22)28-17-25(19-34-30(37)35-27-7-5-4-6-8-27)29(36-28)20-33-26-15-11-23(12-16-26)18-31(2,3)21-32/h4-16,21,28H,17-20H2,1-3H3. The molecule has 1 unspecified atom stereocenters. The van der Waals surface area contributed by atoms with Gasteiger partial charge in [-0.15, -0.1) is 0 Å². The summed E-state index contributed by atoms with van der Waals surface area (Å²) in [6.07, 6.45) is 2.23. The third kappa shape index (κ3) is 7.67. The van der Waals surface area contributed by atoms with Crippen LogP contribution in [0, 0.1) is 12.3 Å². The number of hydrogen-bond acceptors (Lipinski definition) is 6. The molecular formula is C31H32O5S. The molecule has 4 rings (SSSR count). The number of aryl methyl sites for hydroxylation is 1. The molecule has 0 radical (unpaired) electrons. The number of hydrogen-bond donors (Lipinski definition) is 0. The van der Waals surface area contributed by atoms with E-state index in [2.05, 4.69) is 31.2 Å². The SMILES string of the molecule is Cc1ccc(C2CC(COC(=S)Oc3ccccc3)=C(COc3ccc(CC(C)(C)C=O)cc3)O2)cc1. The summed E-state index contributed by atoms with van der Waals surface area (Å²) in [7, 11) is 0. The molecule has 1 aliphatic heterocycles. The van der Waals surface area contributed by atoms with E-state index in [-0.39, 0.29) is 24.6 Å². The van der Waals surface area contributed by atoms with Crippen molar-refractivity contribution in [2.75, 3.05) is 13.2 Å². The van der Waals surface area contributed by atoms with E-state index in [1.807, 2.05) is 68.4 Å². The van der Waals surface area contributed by atoms with Gasteiger partial charge in [0.05, 0.1) is 0 Å². The first-order valence-corrected chi connectivity index (χ1v) is 12.7. The van der Waals surface area contributed by atoms with Crippen LogP contribution in [-0.4, -0.2) is 24.7 Å². The minimum atomic E-state index is -0.393. The van der Waals surface area contributed by atoms with Crippen LogP contribution in [0.15, 0.2) is 90.2 Å². The summed E-state index contributed by atoms with van der Waals surface area (Å²) in [5, 5.41) is 0.0617. The van der Waals surface area contributed by atoms with Crippen LogP contribution in [-0.2, 0) is 20.7 Å². The molecule has 37 heavy (non-hydrogen) atoms. The van der Waals surface area contributed by atoms with Gasteiger partial charge in [-0.2, -0.15) is 0 Å². The number of carbonyl (C=O) groups excluding carboxylic acids is 1. The highest BCUT2D eigenvalue weighted by molar-refractivity contribution is 7.79. The first kappa shape index (κ1) is 26.4. The number of ether oxygens (including phenoxy) is 4. The molecule has 0 bridgehead atoms. The summed E-state index contributed by atoms with van der Waals surface area (Å²) in [6, 6.07) is 25.5. The van der Waals surface area contributed by atoms with Crippen molar-refractivity contribution in [2.24, 2.45) is 5.41 Å². The molecule has 1 heterocycles. The van der Waals surface area contributed by atoms with Crippen molar-refractivity contribution in [2.45, 2.75) is 39.7 Å². The minimum absolute atomic E-state index is 0.0617. The second-order valence-electron chi connectivity index (χ2n) is 9.92. The Morgan fingerprint density at radius 2 is 1.68 bits per heavy atom. The molecule has 3 aromatic carbocycles. The Bertz CT molecular complexity index is 1230. The third-order valence-corrected chi connectivity index (χ3v) is 6.34. The van der Waals surface area contributed by atoms with Crippen molar-refractivity contribution >= 4 is 23.7 Å². The van der Waals surface area contributed by atoms with Crippen LogP contribution >= 0.6 is 12.2 Å². The van der Waals surface area contributed by atoms with Gasteiger partial charge in [-0.25, -0.2) is 0 Å². The van der Waals surface area contributed by atoms with Crippen LogP contribution in [0.1, 0.15) is 43.1 Å². The van der Waals surface area contributed by atoms with E-state index in [0.717, 1.165) is 34.5 Å². The van der Waals surface area contributed by atoms with E-state index in [4.69, 9.17) is 31.2 Å². The highest BCUT2D eigenvalue weighted by Crippen LogP contribution is 2.36. The van der Waals surface area contributed by atoms with E-state index in [0.29, 0.717) is 18.6 Å². The van der Waals surface area contributed by atoms with Gasteiger partial charge < -0.3 is 23.7 Å². The Hall–Kier alpha value is -3.64. The van der Waals surface area contributed by atoms with Gasteiger partial charge in [-0.1, -0.05) is 74.0 Å². The second-order valence-corrected chi connectivity index (χ2v) is 10.3. The molecule has 0 N–H and O–H groups in total. The average Bonchev–Trinajstić information content (AvgIpc) is 3.31. The molecule has 192 valence electrons. The first-order valence-electron chi connectivity index (χ1n) is 12.3. The second kappa shape index (κ2) is 12.1. The molecule has 0 saturated heterocycles. The van der Waals surface area contributed by atoms with Gasteiger partial charge >= 0.3 is 5.24 Å². The quantitative estimate of drug-likeness (QED) is 0.215. The summed E-state index contributed by atoms with van der Waals surface area (Å²) in [4.78, 5) is 11.2. The smallest absolute Gasteiger partial charge is 0.358 e. The van der Waals surface area contributed by atoms with E-state index >= 15 is 0 Å². The Morgan fingerprint density at radius 1 is 0.973 bits per heavy atom. The van der Waals surface area contributed by atoms with Crippen molar-refractivity contribution in [3.8, 4) is 11.5 Å². The summed E-state index contributed by atoms with van der Waals surface area (Å²) in [6.45, 7) is 6.45. The van der Waals surface area contributed by atoms with Gasteiger partial charge in [0.25, 0.3) is 0 Å². The lowest BCUT2D eigenvalue weighted by Crippen LogP contribution is -2.16. The lowest BCUT2D eigenvalue weighted by atomic mass is 9.87. The van der Waals surface area contributed by atoms with E-state index in [9.17, 15) is 4.79 Å². The number of aldehydes is 1. The Labute approximate surface area is 224 Å². The molecule has 0 aliphatic carbocycles. The van der Waals surface area contributed by atoms with Crippen LogP contribution in [0.25, 0.3) is 0 Å². The molecule has 6 heteroatoms. The molecule has 0 fully saturated rings. The van der Waals surface area contributed by atoms with Crippen LogP contribution in [0.4, 0.5) is 0 Å². The van der Waals surface area contributed by atoms with Gasteiger partial charge in [0.2, 0.25) is 0 Å². The van der Waals surface area contributed by atoms with Crippen LogP contribution in [0.3, 0.4) is 0 Å². The van der Waals surface area contributed by atoms with Crippen molar-refractivity contribution in [1.82, 2.24) is 0 Å². The summed E-state index contributed by atoms with van der Waals surface area (Å²) >= 11 is 5.29. The summed E-state index contributed by atoms with van der Waals surface area (Å²) < 4.78 is 23.8. The van der Waals surface area contributed by atoms with Gasteiger partial charge in [0.15, 0.2) is 0 Å². The molecule has 0 aromatic heterocycles. The zero-order chi connectivity index (χ0) is 26.3. The van der Waals surface area contributed by atoms with E-state index < -0.39 is 5.41 Å². The van der Waals surface area contributed by atoms with Gasteiger partial charge in [-0.05, 0) is 48.7 Å². The molecule has 1 atom stereocenters. The van der Waals surface area contributed by atoms with E-state index in [1.54, 1.807) is 0 Å². The largest absolute Gasteiger partial charge is 0.486 e. The number of carbonyl (C=O) groups is 1. The number of rotatable bonds is 10. The fraction of sp³-hybridized carbons (Fsp3) is 0.290. The fourth-order valence-electron chi connectivity index (χ4n) is 4.06. The summed E-state index contributed by atoms with van der Waals surface area (Å²) in [5.41, 5.74) is 3.97. The molecule has 0 spiro atoms. The Kier molecular flexibility index (Phi) is 8.62. The molecule has 1 aliphatic rings. The maximum absolute atomic E-state index is 11.2. The third-order valence-electron chi connectivity index (χ3n) is 6.14. The summed E-state index contributed by atoms with van der Waals surface area (Å²) in [5.74, 6) is 2.09. The number of benzene rings is 3. The molecule has 0 amide bonds. The van der Waals surface area contributed by atoms with Gasteiger partial charge in [-0.3, -0.25) is 0 Å². The van der Waals surface area contributed by atoms with Crippen molar-refractivity contribution < 1.29 is 23.7 Å². The molecule has 5 nitrogen and oxygen atoms in total. The maximum Gasteiger partial charge on any atom is 0.358 e. The number of thiocarbonyl (C=S) groups is 1. The van der Waals surface area contributed by atoms with Gasteiger partial charge in [0.1, 0.15) is 42.9 Å². The maximum atomic E-state index is 11.2. The molecule has 3 aromatic rings. The predicted molar refractivity (Wildman–Crippen MR) is 148 cm³/mol. The van der Waals surface area contributed by atoms with Crippen LogP contribution < -0.4 is 9.47 Å². The minimum Gasteiger partial charge on any atom is -0.486 e. The van der Waals surface area contributed by atoms with Crippen molar-refractivity contribution in [1.29, 1.82) is 0 Å². The normalized spacial score (nSPS) is 15.2. The lowest BCUT2D eigenvalue weighted by molar-refractivity contribution is -0.114. The monoisotopic (exact) mass is 516 g/mol. The van der Waals surface area contributed by atoms with Crippen molar-refractivity contribution in [3.63, 3.8) is 0 Å². The molecule has 0 saturated carbocycles. The highest BCUT2D eigenvalue weighted by Gasteiger charge is 2.28. The number of para-hydroxylation sites is 1. The van der Waals surface area contributed by atoms with Crippen LogP contribution in [0.2, 0.25) is 0 Å². The van der Waals surface area contributed by atoms with E-state index in [1.165, 1.54) is 5.56 Å². The zero-order valence-electron chi connectivity index (χ0n) is 21.4.